The number of primary amides is 2. The van der Waals surface area contributed by atoms with Crippen LogP contribution in [-0.4, -0.2) is 105 Å². The van der Waals surface area contributed by atoms with Crippen LogP contribution < -0.4 is 16.4 Å². The van der Waals surface area contributed by atoms with E-state index in [1.165, 1.54) is 23.9 Å². The van der Waals surface area contributed by atoms with Gasteiger partial charge in [0.25, 0.3) is 0 Å². The molecule has 0 spiro atoms. The molecule has 332 valence electrons. The molecule has 3 aromatic carbocycles. The lowest BCUT2D eigenvalue weighted by molar-refractivity contribution is -0.148. The molecule has 3 aliphatic heterocycles. The number of amides is 6. The van der Waals surface area contributed by atoms with E-state index in [0.29, 0.717) is 36.8 Å². The van der Waals surface area contributed by atoms with Crippen molar-refractivity contribution in [2.45, 2.75) is 101 Å². The third kappa shape index (κ3) is 7.97. The number of halogens is 1. The highest BCUT2D eigenvalue weighted by atomic mass is 79.9. The van der Waals surface area contributed by atoms with E-state index in [9.17, 15) is 39.0 Å². The Balaban J connectivity index is 1.33. The number of hydrogen-bond donors (Lipinski definition) is 4. The van der Waals surface area contributed by atoms with Gasteiger partial charge in [0, 0.05) is 37.3 Å². The van der Waals surface area contributed by atoms with Gasteiger partial charge in [-0.25, -0.2) is 9.59 Å². The zero-order valence-electron chi connectivity index (χ0n) is 36.2. The predicted molar refractivity (Wildman–Crippen MR) is 237 cm³/mol. The number of likely N-dealkylation sites (tertiary alicyclic amines) is 2. The van der Waals surface area contributed by atoms with Crippen LogP contribution in [-0.2, 0) is 30.3 Å². The van der Waals surface area contributed by atoms with Crippen LogP contribution in [0.2, 0.25) is 0 Å². The fourth-order valence-electron chi connectivity index (χ4n) is 10.4. The van der Waals surface area contributed by atoms with Crippen LogP contribution in [0.25, 0.3) is 0 Å². The van der Waals surface area contributed by atoms with Gasteiger partial charge in [-0.2, -0.15) is 0 Å². The second-order valence-corrected chi connectivity index (χ2v) is 18.5. The molecule has 3 heterocycles. The summed E-state index contributed by atoms with van der Waals surface area (Å²) in [6.45, 7) is 7.62. The van der Waals surface area contributed by atoms with Crippen molar-refractivity contribution in [1.29, 1.82) is 0 Å². The van der Waals surface area contributed by atoms with Gasteiger partial charge in [-0.05, 0) is 96.9 Å². The van der Waals surface area contributed by atoms with E-state index in [1.54, 1.807) is 27.7 Å². The van der Waals surface area contributed by atoms with Gasteiger partial charge >= 0.3 is 12.2 Å². The van der Waals surface area contributed by atoms with Crippen molar-refractivity contribution in [1.82, 2.24) is 19.6 Å². The van der Waals surface area contributed by atoms with E-state index in [1.807, 2.05) is 72.8 Å². The van der Waals surface area contributed by atoms with Crippen molar-refractivity contribution in [2.24, 2.45) is 23.3 Å². The third-order valence-electron chi connectivity index (χ3n) is 13.4. The molecule has 62 heavy (non-hydrogen) atoms. The van der Waals surface area contributed by atoms with Gasteiger partial charge in [0.05, 0.1) is 12.1 Å². The largest absolute Gasteiger partial charge is 0.465 e. The fourth-order valence-corrected chi connectivity index (χ4v) is 10.6. The molecule has 0 aromatic heterocycles. The Morgan fingerprint density at radius 1 is 0.629 bits per heavy atom. The van der Waals surface area contributed by atoms with Crippen LogP contribution in [0.4, 0.5) is 15.3 Å². The third-order valence-corrected chi connectivity index (χ3v) is 13.9. The summed E-state index contributed by atoms with van der Waals surface area (Å²) in [5, 5.41) is 19.6. The number of rotatable bonds is 13. The molecule has 15 nitrogen and oxygen atoms in total. The molecule has 0 aliphatic carbocycles. The molecule has 3 aliphatic rings. The molecule has 6 rings (SSSR count). The van der Waals surface area contributed by atoms with Gasteiger partial charge in [0.15, 0.2) is 0 Å². The maximum atomic E-state index is 14.1. The minimum Gasteiger partial charge on any atom is -0.465 e. The van der Waals surface area contributed by atoms with Gasteiger partial charge in [0.2, 0.25) is 23.6 Å². The topological polar surface area (TPSA) is 211 Å². The van der Waals surface area contributed by atoms with E-state index in [-0.39, 0.29) is 37.0 Å². The minimum absolute atomic E-state index is 0.102. The van der Waals surface area contributed by atoms with Crippen LogP contribution in [0.5, 0.6) is 0 Å². The molecular weight excluding hydrogens is 858 g/mol. The molecule has 0 unspecified atom stereocenters. The van der Waals surface area contributed by atoms with Crippen molar-refractivity contribution in [3.63, 3.8) is 0 Å². The van der Waals surface area contributed by atoms with Crippen molar-refractivity contribution in [3.8, 4) is 0 Å². The minimum atomic E-state index is -1.45. The van der Waals surface area contributed by atoms with Crippen LogP contribution in [0.3, 0.4) is 0 Å². The number of benzene rings is 3. The van der Waals surface area contributed by atoms with E-state index in [4.69, 9.17) is 11.5 Å². The van der Waals surface area contributed by atoms with Crippen molar-refractivity contribution in [2.75, 3.05) is 32.1 Å². The zero-order chi connectivity index (χ0) is 45.4. The Kier molecular flexibility index (Phi) is 13.3. The van der Waals surface area contributed by atoms with Gasteiger partial charge in [-0.3, -0.25) is 29.0 Å². The predicted octanol–water partition coefficient (Wildman–Crippen LogP) is 6.41. The smallest absolute Gasteiger partial charge is 0.407 e. The fraction of sp³-hybridized carbons (Fsp3) is 0.478. The maximum absolute atomic E-state index is 14.1. The van der Waals surface area contributed by atoms with Crippen molar-refractivity contribution >= 4 is 57.4 Å². The maximum Gasteiger partial charge on any atom is 0.407 e. The number of hydrogen-bond acceptors (Lipinski definition) is 7. The Morgan fingerprint density at radius 2 is 0.984 bits per heavy atom. The van der Waals surface area contributed by atoms with Crippen molar-refractivity contribution in [3.05, 3.63) is 99.5 Å². The number of anilines is 1. The Labute approximate surface area is 371 Å². The molecule has 16 heteroatoms. The first-order valence-electron chi connectivity index (χ1n) is 21.2. The summed E-state index contributed by atoms with van der Waals surface area (Å²) in [4.78, 5) is 86.5. The average Bonchev–Trinajstić information content (AvgIpc) is 4.00. The summed E-state index contributed by atoms with van der Waals surface area (Å²) in [5.74, 6) is -2.98. The normalized spacial score (nSPS) is 23.4. The Hall–Kier alpha value is -5.64. The van der Waals surface area contributed by atoms with Crippen LogP contribution >= 0.6 is 15.9 Å². The molecule has 3 aromatic rings. The first kappa shape index (κ1) is 45.9. The highest BCUT2D eigenvalue weighted by Gasteiger charge is 2.54. The molecule has 6 N–H and O–H groups in total. The zero-order valence-corrected chi connectivity index (χ0v) is 37.7. The first-order valence-corrected chi connectivity index (χ1v) is 22.0. The average molecular weight is 917 g/mol. The highest BCUT2D eigenvalue weighted by molar-refractivity contribution is 9.10. The number of carbonyl (C=O) groups excluding carboxylic acids is 4. The number of carbonyl (C=O) groups is 6. The van der Waals surface area contributed by atoms with Crippen molar-refractivity contribution < 1.29 is 39.0 Å². The number of carboxylic acid groups (broad SMARTS) is 2. The summed E-state index contributed by atoms with van der Waals surface area (Å²) in [7, 11) is 2.72. The summed E-state index contributed by atoms with van der Waals surface area (Å²) in [6.07, 6.45) is 0.719. The van der Waals surface area contributed by atoms with Gasteiger partial charge < -0.3 is 36.4 Å². The van der Waals surface area contributed by atoms with Gasteiger partial charge in [-0.15, -0.1) is 0 Å². The SMILES string of the molecule is CC(C)[C@@H](C(=O)N1CCC[C@@]1(C(N)=O)c1ccc([C@@H]2CC[C@@H](c3ccc([C@]4(C(N)=O)CCCN4C(=O)[C@H](C(C)C)N(C)C(=O)O)cc3)N2c2ccc(Br)cc2)cc1)N(C)C(=O)O. The molecular formula is C46H58BrN7O8. The molecule has 0 bridgehead atoms. The standard InChI is InChI=1S/C46H58BrN7O8/c1-27(2)37(50(5)43(59)60)39(55)52-25-7-23-45(52,41(48)57)31-13-9-29(10-14-31)35-21-22-36(54(35)34-19-17-33(47)18-20-34)30-11-15-32(16-12-30)46(42(49)58)24-8-26-53(46)40(56)38(28(3)4)51(6)44(61)62/h9-20,27-28,35-38H,7-8,21-26H2,1-6H3,(H2,48,57)(H2,49,58)(H,59,60)(H,61,62)/t35-,36-,37-,38-,45-,46-/m0/s1. The highest BCUT2D eigenvalue weighted by Crippen LogP contribution is 2.49. The lowest BCUT2D eigenvalue weighted by atomic mass is 9.84. The quantitative estimate of drug-likeness (QED) is 0.149. The summed E-state index contributed by atoms with van der Waals surface area (Å²) >= 11 is 3.57. The van der Waals surface area contributed by atoms with Crippen LogP contribution in [0.1, 0.15) is 101 Å². The van der Waals surface area contributed by atoms with Crippen LogP contribution in [0, 0.1) is 11.8 Å². The monoisotopic (exact) mass is 915 g/mol. The van der Waals surface area contributed by atoms with E-state index in [2.05, 4.69) is 20.8 Å². The second-order valence-electron chi connectivity index (χ2n) is 17.5. The van der Waals surface area contributed by atoms with E-state index in [0.717, 1.165) is 43.9 Å². The summed E-state index contributed by atoms with van der Waals surface area (Å²) in [6, 6.07) is 21.2. The molecule has 6 atom stereocenters. The molecule has 3 fully saturated rings. The summed E-state index contributed by atoms with van der Waals surface area (Å²) < 4.78 is 0.922. The number of nitrogens with zero attached hydrogens (tertiary/aromatic N) is 5. The van der Waals surface area contributed by atoms with Gasteiger partial charge in [0.1, 0.15) is 23.2 Å². The molecule has 0 saturated carbocycles. The Morgan fingerprint density at radius 3 is 1.29 bits per heavy atom. The first-order chi connectivity index (χ1) is 29.3. The summed E-state index contributed by atoms with van der Waals surface area (Å²) in [5.41, 5.74) is 13.5. The second kappa shape index (κ2) is 18.0. The van der Waals surface area contributed by atoms with E-state index >= 15 is 0 Å². The molecule has 3 saturated heterocycles. The Bertz CT molecular complexity index is 2050. The van der Waals surface area contributed by atoms with E-state index < -0.39 is 59.0 Å². The molecule has 6 amide bonds. The lowest BCUT2D eigenvalue weighted by Crippen LogP contribution is -2.59. The van der Waals surface area contributed by atoms with Gasteiger partial charge in [-0.1, -0.05) is 92.2 Å². The number of nitrogens with two attached hydrogens (primary N) is 2. The number of likely N-dealkylation sites (N-methyl/N-ethyl adjacent to an activating group) is 2. The molecule has 0 radical (unpaired) electrons. The lowest BCUT2D eigenvalue weighted by Gasteiger charge is -2.41. The van der Waals surface area contributed by atoms with Crippen LogP contribution in [0.15, 0.2) is 77.3 Å².